The predicted molar refractivity (Wildman–Crippen MR) is 115 cm³/mol. The first-order valence-electron chi connectivity index (χ1n) is 10.4. The third-order valence-corrected chi connectivity index (χ3v) is 10.4. The summed E-state index contributed by atoms with van der Waals surface area (Å²) in [6, 6.07) is 1.93. The minimum absolute atomic E-state index is 0.146. The average molecular weight is 524 g/mol. The molecule has 3 aliphatic rings. The lowest BCUT2D eigenvalue weighted by Crippen LogP contribution is -2.36. The number of halogens is 1. The molecule has 3 fully saturated rings. The fraction of sp³-hybridized carbons (Fsp3) is 0.706. The molecule has 5 rings (SSSR count). The van der Waals surface area contributed by atoms with Crippen molar-refractivity contribution in [2.75, 3.05) is 16.6 Å². The van der Waals surface area contributed by atoms with E-state index in [1.165, 1.54) is 12.8 Å². The second-order valence-electron chi connectivity index (χ2n) is 8.94. The SMILES string of the molecule is O=P(O)(O)CS(=O)(=O)C[C@H]1O[C@@H](n2nnc3c(NC4CCC5CC54)cc(Cl)nc32)[C@H](O)[C@@H]1O. The van der Waals surface area contributed by atoms with Gasteiger partial charge in [-0.25, -0.2) is 13.4 Å². The van der Waals surface area contributed by atoms with Gasteiger partial charge in [-0.1, -0.05) is 16.8 Å². The van der Waals surface area contributed by atoms with Gasteiger partial charge in [0, 0.05) is 12.1 Å². The zero-order valence-electron chi connectivity index (χ0n) is 17.1. The van der Waals surface area contributed by atoms with E-state index in [-0.39, 0.29) is 10.8 Å². The van der Waals surface area contributed by atoms with Gasteiger partial charge in [-0.05, 0) is 31.1 Å². The van der Waals surface area contributed by atoms with Crippen molar-refractivity contribution in [3.05, 3.63) is 11.2 Å². The number of hydrogen-bond donors (Lipinski definition) is 5. The number of nitrogens with one attached hydrogen (secondary N) is 1. The molecule has 5 N–H and O–H groups in total. The Kier molecular flexibility index (Phi) is 5.73. The van der Waals surface area contributed by atoms with Crippen LogP contribution < -0.4 is 5.32 Å². The van der Waals surface area contributed by atoms with Crippen LogP contribution in [0.15, 0.2) is 6.07 Å². The highest BCUT2D eigenvalue weighted by molar-refractivity contribution is 7.97. The van der Waals surface area contributed by atoms with Crippen molar-refractivity contribution < 1.29 is 37.7 Å². The number of rotatable bonds is 7. The van der Waals surface area contributed by atoms with Crippen LogP contribution in [-0.4, -0.2) is 84.0 Å². The van der Waals surface area contributed by atoms with E-state index in [4.69, 9.17) is 26.1 Å². The molecule has 2 aromatic heterocycles. The second kappa shape index (κ2) is 8.09. The fourth-order valence-electron chi connectivity index (χ4n) is 4.88. The van der Waals surface area contributed by atoms with E-state index in [0.29, 0.717) is 23.2 Å². The Hall–Kier alpha value is -1.38. The minimum Gasteiger partial charge on any atom is -0.387 e. The number of anilines is 1. The molecule has 0 amide bonds. The van der Waals surface area contributed by atoms with Crippen molar-refractivity contribution in [3.63, 3.8) is 0 Å². The summed E-state index contributed by atoms with van der Waals surface area (Å²) in [5.74, 6) is 0.478. The van der Waals surface area contributed by atoms with Crippen LogP contribution in [0.25, 0.3) is 11.2 Å². The van der Waals surface area contributed by atoms with Crippen LogP contribution in [0, 0.1) is 11.8 Å². The van der Waals surface area contributed by atoms with Gasteiger partial charge < -0.3 is 30.1 Å². The van der Waals surface area contributed by atoms with Crippen molar-refractivity contribution in [2.24, 2.45) is 11.8 Å². The molecule has 3 heterocycles. The van der Waals surface area contributed by atoms with E-state index in [0.717, 1.165) is 17.0 Å². The van der Waals surface area contributed by atoms with Gasteiger partial charge in [0.15, 0.2) is 32.7 Å². The van der Waals surface area contributed by atoms with E-state index >= 15 is 0 Å². The summed E-state index contributed by atoms with van der Waals surface area (Å²) in [5, 5.41) is 32.6. The molecule has 1 aliphatic heterocycles. The number of aromatic nitrogens is 4. The van der Waals surface area contributed by atoms with Gasteiger partial charge in [-0.15, -0.1) is 5.10 Å². The van der Waals surface area contributed by atoms with Gasteiger partial charge in [0.2, 0.25) is 0 Å². The Morgan fingerprint density at radius 2 is 2.03 bits per heavy atom. The Bertz CT molecular complexity index is 1240. The van der Waals surface area contributed by atoms with E-state index in [1.54, 1.807) is 6.07 Å². The number of sulfone groups is 1. The standard InChI is InChI=1S/C17H23ClN5O8PS/c18-12-4-10(19-9-2-1-7-3-8(7)9)13-16(20-12)23(22-21-13)17-15(25)14(24)11(31-17)5-33(29,30)6-32(26,27)28/h4,7-9,11,14-15,17,24-25H,1-3,5-6H2,(H,19,20)(H2,26,27,28)/t7?,8?,9?,11-,14-,15-,17-/m1/s1. The minimum atomic E-state index is -4.85. The average Bonchev–Trinajstić information content (AvgIpc) is 3.06. The Labute approximate surface area is 193 Å². The highest BCUT2D eigenvalue weighted by atomic mass is 35.5. The van der Waals surface area contributed by atoms with Crippen molar-refractivity contribution >= 4 is 45.9 Å². The molecular formula is C17H23ClN5O8PS. The summed E-state index contributed by atoms with van der Waals surface area (Å²) in [4.78, 5) is 22.2. The number of pyridine rings is 1. The largest absolute Gasteiger partial charge is 0.387 e. The zero-order valence-corrected chi connectivity index (χ0v) is 19.6. The van der Waals surface area contributed by atoms with Gasteiger partial charge in [-0.3, -0.25) is 4.57 Å². The lowest BCUT2D eigenvalue weighted by molar-refractivity contribution is -0.0375. The molecule has 2 aliphatic carbocycles. The van der Waals surface area contributed by atoms with E-state index in [9.17, 15) is 23.2 Å². The summed E-state index contributed by atoms with van der Waals surface area (Å²) in [7, 11) is -9.14. The number of aliphatic hydroxyl groups excluding tert-OH is 2. The van der Waals surface area contributed by atoms with Gasteiger partial charge in [-0.2, -0.15) is 4.68 Å². The first-order chi connectivity index (χ1) is 15.4. The van der Waals surface area contributed by atoms with Crippen molar-refractivity contribution in [2.45, 2.75) is 49.8 Å². The Morgan fingerprint density at radius 1 is 1.27 bits per heavy atom. The van der Waals surface area contributed by atoms with Crippen LogP contribution >= 0.6 is 19.2 Å². The molecule has 0 aromatic carbocycles. The first-order valence-corrected chi connectivity index (χ1v) is 14.4. The van der Waals surface area contributed by atoms with Gasteiger partial charge in [0.25, 0.3) is 0 Å². The monoisotopic (exact) mass is 523 g/mol. The highest BCUT2D eigenvalue weighted by Gasteiger charge is 2.49. The molecule has 2 aromatic rings. The van der Waals surface area contributed by atoms with Gasteiger partial charge in [0.05, 0.1) is 11.4 Å². The Morgan fingerprint density at radius 3 is 2.67 bits per heavy atom. The van der Waals surface area contributed by atoms with E-state index in [2.05, 4.69) is 20.6 Å². The molecule has 0 spiro atoms. The van der Waals surface area contributed by atoms with Crippen LogP contribution in [0.3, 0.4) is 0 Å². The Balaban J connectivity index is 1.40. The number of ether oxygens (including phenoxy) is 1. The number of hydrogen-bond acceptors (Lipinski definition) is 10. The van der Waals surface area contributed by atoms with E-state index in [1.807, 2.05) is 0 Å². The van der Waals surface area contributed by atoms with Gasteiger partial charge >= 0.3 is 7.60 Å². The highest BCUT2D eigenvalue weighted by Crippen LogP contribution is 2.52. The van der Waals surface area contributed by atoms with Crippen LogP contribution in [0.4, 0.5) is 5.69 Å². The lowest BCUT2D eigenvalue weighted by Gasteiger charge is -2.17. The summed E-state index contributed by atoms with van der Waals surface area (Å²) >= 11 is 6.21. The first kappa shape index (κ1) is 23.4. The fourth-order valence-corrected chi connectivity index (χ4v) is 8.32. The predicted octanol–water partition coefficient (Wildman–Crippen LogP) is -0.141. The molecule has 16 heteroatoms. The number of aliphatic hydroxyl groups is 2. The third kappa shape index (κ3) is 4.63. The molecular weight excluding hydrogens is 501 g/mol. The van der Waals surface area contributed by atoms with E-state index < -0.39 is 53.2 Å². The van der Waals surface area contributed by atoms with Crippen LogP contribution in [0.1, 0.15) is 25.5 Å². The smallest absolute Gasteiger partial charge is 0.340 e. The summed E-state index contributed by atoms with van der Waals surface area (Å²) in [6.07, 6.45) is -2.62. The van der Waals surface area contributed by atoms with Crippen LogP contribution in [0.2, 0.25) is 5.15 Å². The van der Waals surface area contributed by atoms with Crippen LogP contribution in [-0.2, 0) is 19.1 Å². The molecule has 2 saturated carbocycles. The molecule has 33 heavy (non-hydrogen) atoms. The number of nitrogens with zero attached hydrogens (tertiary/aromatic N) is 4. The summed E-state index contributed by atoms with van der Waals surface area (Å²) in [6.45, 7) is 0. The molecule has 0 radical (unpaired) electrons. The quantitative estimate of drug-likeness (QED) is 0.238. The third-order valence-electron chi connectivity index (χ3n) is 6.45. The van der Waals surface area contributed by atoms with Crippen molar-refractivity contribution in [3.8, 4) is 0 Å². The maximum absolute atomic E-state index is 12.1. The maximum atomic E-state index is 12.1. The molecule has 3 unspecified atom stereocenters. The normalized spacial score (nSPS) is 34.0. The lowest BCUT2D eigenvalue weighted by atomic mass is 10.1. The second-order valence-corrected chi connectivity index (χ2v) is 13.5. The number of fused-ring (bicyclic) bond motifs is 2. The molecule has 182 valence electrons. The molecule has 0 bridgehead atoms. The zero-order chi connectivity index (χ0) is 23.7. The molecule has 13 nitrogen and oxygen atoms in total. The summed E-state index contributed by atoms with van der Waals surface area (Å²) < 4.78 is 42.0. The van der Waals surface area contributed by atoms with Crippen LogP contribution in [0.5, 0.6) is 0 Å². The van der Waals surface area contributed by atoms with Crippen molar-refractivity contribution in [1.29, 1.82) is 0 Å². The van der Waals surface area contributed by atoms with Crippen molar-refractivity contribution in [1.82, 2.24) is 20.0 Å². The topological polar surface area (TPSA) is 197 Å². The molecule has 1 saturated heterocycles. The summed E-state index contributed by atoms with van der Waals surface area (Å²) in [5.41, 5.74) is -0.214. The molecule has 7 atom stereocenters. The maximum Gasteiger partial charge on any atom is 0.340 e. The van der Waals surface area contributed by atoms with Gasteiger partial charge in [0.1, 0.15) is 23.5 Å².